The van der Waals surface area contributed by atoms with Crippen molar-refractivity contribution in [1.82, 2.24) is 0 Å². The summed E-state index contributed by atoms with van der Waals surface area (Å²) in [6.45, 7) is 4.59. The minimum Gasteiger partial charge on any atom is -0.135 e. The highest BCUT2D eigenvalue weighted by Gasteiger charge is 2.28. The Hall–Kier alpha value is 2.02. The number of thioether (sulfide) groups is 6. The van der Waals surface area contributed by atoms with Gasteiger partial charge in [-0.2, -0.15) is 0 Å². The van der Waals surface area contributed by atoms with Gasteiger partial charge in [-0.1, -0.05) is 151 Å². The van der Waals surface area contributed by atoms with Crippen LogP contribution in [0.1, 0.15) is 117 Å². The molecule has 0 spiro atoms. The Morgan fingerprint density at radius 1 is 0.471 bits per heavy atom. The monoisotopic (exact) mass is 612 g/mol. The van der Waals surface area contributed by atoms with E-state index in [4.69, 9.17) is 0 Å². The van der Waals surface area contributed by atoms with Crippen LogP contribution in [0.5, 0.6) is 0 Å². The fraction of sp³-hybridized carbons (Fsp3) is 0.769. The molecular formula is C26H44S8. The minimum absolute atomic E-state index is 1.05. The molecule has 0 nitrogen and oxygen atoms in total. The highest BCUT2D eigenvalue weighted by Crippen LogP contribution is 2.64. The highest BCUT2D eigenvalue weighted by atomic mass is 32.3. The number of unbranched alkanes of at least 4 members (excludes halogenated alkanes) is 14. The maximum atomic E-state index is 4.58. The first kappa shape index (κ1) is 32.2. The summed E-state index contributed by atoms with van der Waals surface area (Å²) in [7, 11) is 0. The maximum absolute atomic E-state index is 4.58. The molecule has 196 valence electrons. The first-order valence-electron chi connectivity index (χ1n) is 13.2. The van der Waals surface area contributed by atoms with Gasteiger partial charge in [-0.25, -0.2) is 0 Å². The molecule has 0 fully saturated rings. The van der Waals surface area contributed by atoms with Gasteiger partial charge in [-0.15, -0.1) is 48.8 Å². The van der Waals surface area contributed by atoms with Crippen LogP contribution in [0.15, 0.2) is 25.4 Å². The lowest BCUT2D eigenvalue weighted by Gasteiger charge is -2.06. The molecular weight excluding hydrogens is 569 g/mol. The summed E-state index contributed by atoms with van der Waals surface area (Å²) in [5.74, 6) is 2.52. The fourth-order valence-corrected chi connectivity index (χ4v) is 13.1. The first-order valence-corrected chi connectivity index (χ1v) is 19.4. The van der Waals surface area contributed by atoms with E-state index in [2.05, 4.69) is 62.6 Å². The zero-order chi connectivity index (χ0) is 24.4. The van der Waals surface area contributed by atoms with E-state index < -0.39 is 0 Å². The molecule has 2 rings (SSSR count). The quantitative estimate of drug-likeness (QED) is 0.103. The topological polar surface area (TPSA) is 0 Å². The van der Waals surface area contributed by atoms with E-state index in [0.717, 1.165) is 8.47 Å². The summed E-state index contributed by atoms with van der Waals surface area (Å²) in [4.78, 5) is 0. The van der Waals surface area contributed by atoms with E-state index in [-0.39, 0.29) is 0 Å². The average Bonchev–Trinajstić information content (AvgIpc) is 3.39. The summed E-state index contributed by atoms with van der Waals surface area (Å²) >= 11 is 21.0. The second kappa shape index (κ2) is 20.9. The molecule has 0 aliphatic carbocycles. The van der Waals surface area contributed by atoms with Gasteiger partial charge in [-0.05, 0) is 24.3 Å². The third-order valence-corrected chi connectivity index (χ3v) is 15.6. The summed E-state index contributed by atoms with van der Waals surface area (Å²) < 4.78 is 8.01. The largest absolute Gasteiger partial charge is 0.135 e. The smallest absolute Gasteiger partial charge is 0.0717 e. The Balaban J connectivity index is 1.71. The number of rotatable bonds is 20. The van der Waals surface area contributed by atoms with Crippen molar-refractivity contribution in [3.05, 3.63) is 25.4 Å². The molecule has 0 atom stereocenters. The minimum atomic E-state index is 1.05. The Labute approximate surface area is 247 Å². The standard InChI is InChI=1S/C26H44S8/c1-3-5-7-9-11-13-15-17-19-29-23-24(30-20-18-16-14-12-10-8-6-4-2)34-26(33-23)25-31-21(27)22(28)32-25/h27-28H,3-20H2,1-2H3. The zero-order valence-corrected chi connectivity index (χ0v) is 27.8. The van der Waals surface area contributed by atoms with Crippen LogP contribution in [-0.4, -0.2) is 11.5 Å². The Morgan fingerprint density at radius 3 is 1.18 bits per heavy atom. The molecule has 0 amide bonds. The number of hydrogen-bond acceptors (Lipinski definition) is 8. The van der Waals surface area contributed by atoms with Crippen molar-refractivity contribution in [3.63, 3.8) is 0 Å². The molecule has 0 radical (unpaired) electrons. The van der Waals surface area contributed by atoms with Crippen LogP contribution in [0.3, 0.4) is 0 Å². The summed E-state index contributed by atoms with van der Waals surface area (Å²) in [6, 6.07) is 0. The molecule has 0 unspecified atom stereocenters. The van der Waals surface area contributed by atoms with Crippen LogP contribution < -0.4 is 0 Å². The summed E-state index contributed by atoms with van der Waals surface area (Å²) in [5, 5.41) is 0. The van der Waals surface area contributed by atoms with Crippen molar-refractivity contribution in [2.75, 3.05) is 11.5 Å². The molecule has 34 heavy (non-hydrogen) atoms. The lowest BCUT2D eigenvalue weighted by Crippen LogP contribution is -1.85. The van der Waals surface area contributed by atoms with Gasteiger partial charge in [0.05, 0.1) is 25.4 Å². The van der Waals surface area contributed by atoms with Gasteiger partial charge < -0.3 is 0 Å². The van der Waals surface area contributed by atoms with Crippen LogP contribution in [0, 0.1) is 0 Å². The van der Waals surface area contributed by atoms with E-state index in [0.29, 0.717) is 0 Å². The number of thiol groups is 2. The zero-order valence-electron chi connectivity index (χ0n) is 21.1. The van der Waals surface area contributed by atoms with Crippen LogP contribution in [-0.2, 0) is 0 Å². The second-order valence-corrected chi connectivity index (χ2v) is 17.6. The van der Waals surface area contributed by atoms with Crippen molar-refractivity contribution in [3.8, 4) is 0 Å². The Bertz CT molecular complexity index is 616. The normalized spacial score (nSPS) is 16.6. The van der Waals surface area contributed by atoms with Crippen LogP contribution >= 0.6 is 95.8 Å². The fourth-order valence-electron chi connectivity index (χ4n) is 3.70. The molecule has 8 heteroatoms. The molecule has 2 heterocycles. The summed E-state index contributed by atoms with van der Waals surface area (Å²) in [5.41, 5.74) is 0. The Morgan fingerprint density at radius 2 is 0.794 bits per heavy atom. The second-order valence-electron chi connectivity index (χ2n) is 8.82. The third kappa shape index (κ3) is 13.7. The predicted molar refractivity (Wildman–Crippen MR) is 180 cm³/mol. The molecule has 2 aliphatic rings. The molecule has 0 aromatic rings. The van der Waals surface area contributed by atoms with Gasteiger partial charge in [0.15, 0.2) is 0 Å². The van der Waals surface area contributed by atoms with E-state index in [1.54, 1.807) is 32.0 Å². The lowest BCUT2D eigenvalue weighted by atomic mass is 10.1. The van der Waals surface area contributed by atoms with E-state index in [9.17, 15) is 0 Å². The molecule has 0 aromatic carbocycles. The lowest BCUT2D eigenvalue weighted by molar-refractivity contribution is 0.586. The van der Waals surface area contributed by atoms with Crippen LogP contribution in [0.2, 0.25) is 0 Å². The molecule has 2 aliphatic heterocycles. The van der Waals surface area contributed by atoms with Gasteiger partial charge >= 0.3 is 0 Å². The van der Waals surface area contributed by atoms with Crippen molar-refractivity contribution in [2.24, 2.45) is 0 Å². The Kier molecular flexibility index (Phi) is 19.8. The maximum Gasteiger partial charge on any atom is 0.0717 e. The van der Waals surface area contributed by atoms with Gasteiger partial charge in [0.1, 0.15) is 0 Å². The third-order valence-electron chi connectivity index (χ3n) is 5.73. The van der Waals surface area contributed by atoms with E-state index in [1.165, 1.54) is 123 Å². The molecule has 0 aromatic heterocycles. The van der Waals surface area contributed by atoms with Crippen molar-refractivity contribution >= 4 is 95.8 Å². The molecule has 0 N–H and O–H groups in total. The average molecular weight is 613 g/mol. The van der Waals surface area contributed by atoms with Crippen molar-refractivity contribution in [2.45, 2.75) is 117 Å². The first-order chi connectivity index (χ1) is 16.7. The van der Waals surface area contributed by atoms with Gasteiger partial charge in [0.25, 0.3) is 0 Å². The predicted octanol–water partition coefficient (Wildman–Crippen LogP) is 12.9. The van der Waals surface area contributed by atoms with E-state index in [1.807, 2.05) is 23.5 Å². The van der Waals surface area contributed by atoms with Crippen molar-refractivity contribution < 1.29 is 0 Å². The van der Waals surface area contributed by atoms with E-state index >= 15 is 0 Å². The highest BCUT2D eigenvalue weighted by molar-refractivity contribution is 8.43. The van der Waals surface area contributed by atoms with Crippen molar-refractivity contribution in [1.29, 1.82) is 0 Å². The molecule has 0 saturated heterocycles. The van der Waals surface area contributed by atoms with Gasteiger partial charge in [-0.3, -0.25) is 0 Å². The van der Waals surface area contributed by atoms with Crippen LogP contribution in [0.25, 0.3) is 0 Å². The van der Waals surface area contributed by atoms with Gasteiger partial charge in [0.2, 0.25) is 0 Å². The summed E-state index contributed by atoms with van der Waals surface area (Å²) in [6.07, 6.45) is 22.4. The number of hydrogen-bond donors (Lipinski definition) is 2. The molecule has 0 bridgehead atoms. The van der Waals surface area contributed by atoms with Crippen LogP contribution in [0.4, 0.5) is 0 Å². The SMILES string of the molecule is CCCCCCCCCCSC1=C(SCCCCCCCCCC)SC(=C2SC(S)=C(S)S2)S1. The molecule has 0 saturated carbocycles. The van der Waals surface area contributed by atoms with Gasteiger partial charge in [0, 0.05) is 0 Å².